The van der Waals surface area contributed by atoms with Crippen LogP contribution in [0.25, 0.3) is 16.5 Å². The lowest BCUT2D eigenvalue weighted by Crippen LogP contribution is -2.45. The number of ether oxygens (including phenoxy) is 1. The van der Waals surface area contributed by atoms with Crippen LogP contribution in [0, 0.1) is 11.3 Å². The molecule has 0 radical (unpaired) electrons. The van der Waals surface area contributed by atoms with Crippen LogP contribution >= 0.6 is 0 Å². The zero-order valence-electron chi connectivity index (χ0n) is 17.1. The van der Waals surface area contributed by atoms with E-state index in [0.717, 1.165) is 0 Å². The van der Waals surface area contributed by atoms with Crippen molar-refractivity contribution in [1.29, 1.82) is 5.26 Å². The number of rotatable bonds is 5. The number of benzene rings is 1. The Labute approximate surface area is 181 Å². The number of esters is 1. The van der Waals surface area contributed by atoms with E-state index in [4.69, 9.17) is 4.74 Å². The van der Waals surface area contributed by atoms with Crippen LogP contribution in [-0.4, -0.2) is 56.1 Å². The van der Waals surface area contributed by atoms with Gasteiger partial charge in [-0.25, -0.2) is 14.3 Å². The van der Waals surface area contributed by atoms with Crippen LogP contribution in [0.5, 0.6) is 5.88 Å². The minimum Gasteiger partial charge on any atom is -0.493 e. The van der Waals surface area contributed by atoms with E-state index in [-0.39, 0.29) is 24.0 Å². The first kappa shape index (κ1) is 20.0. The van der Waals surface area contributed by atoms with E-state index in [2.05, 4.69) is 4.98 Å². The molecule has 3 atom stereocenters. The summed E-state index contributed by atoms with van der Waals surface area (Å²) in [5.41, 5.74) is 0.586. The average Bonchev–Trinajstić information content (AvgIpc) is 3.47. The summed E-state index contributed by atoms with van der Waals surface area (Å²) in [6.45, 7) is 0.390. The summed E-state index contributed by atoms with van der Waals surface area (Å²) in [6.07, 6.45) is 2.59. The second-order valence-corrected chi connectivity index (χ2v) is 7.89. The number of nitrogens with zero attached hydrogens (tertiary/aromatic N) is 5. The SMILES string of the molecule is COC(=O)C(CC=O)N1C[C@@H]2C[C@H]1c1c(O)n(-c3cnc(C#N)c4ccccc34)c(=O)n12. The fraction of sp³-hybridized carbons (Fsp3) is 0.318. The van der Waals surface area contributed by atoms with Gasteiger partial charge in [0.05, 0.1) is 31.1 Å². The van der Waals surface area contributed by atoms with Gasteiger partial charge < -0.3 is 14.6 Å². The standard InChI is InChI=1S/C22H19N5O5/c1-32-21(30)16(6-7-28)25-11-12-8-17(25)19-20(29)27(22(31)26(12)19)18-10-24-15(9-23)13-4-2-3-5-14(13)18/h2-5,7,10,12,16-17,29H,6,8,11H2,1H3/t12-,16?,17-/m0/s1. The van der Waals surface area contributed by atoms with Crippen molar-refractivity contribution in [2.45, 2.75) is 31.0 Å². The van der Waals surface area contributed by atoms with Crippen LogP contribution in [0.3, 0.4) is 0 Å². The predicted octanol–water partition coefficient (Wildman–Crippen LogP) is 1.20. The second-order valence-electron chi connectivity index (χ2n) is 7.89. The molecular weight excluding hydrogens is 414 g/mol. The van der Waals surface area contributed by atoms with E-state index < -0.39 is 23.7 Å². The number of fused-ring (bicyclic) bond motifs is 6. The molecule has 2 aliphatic rings. The number of imidazole rings is 1. The maximum atomic E-state index is 13.4. The van der Waals surface area contributed by atoms with Gasteiger partial charge in [-0.1, -0.05) is 24.3 Å². The van der Waals surface area contributed by atoms with Crippen LogP contribution in [-0.2, 0) is 14.3 Å². The summed E-state index contributed by atoms with van der Waals surface area (Å²) < 4.78 is 7.61. The van der Waals surface area contributed by atoms with Gasteiger partial charge in [0.2, 0.25) is 5.88 Å². The number of hydrogen-bond donors (Lipinski definition) is 1. The maximum Gasteiger partial charge on any atom is 0.336 e. The summed E-state index contributed by atoms with van der Waals surface area (Å²) in [5, 5.41) is 21.7. The summed E-state index contributed by atoms with van der Waals surface area (Å²) in [5.74, 6) is -0.765. The van der Waals surface area contributed by atoms with E-state index >= 15 is 0 Å². The molecule has 1 N–H and O–H groups in total. The molecule has 0 saturated carbocycles. The highest BCUT2D eigenvalue weighted by atomic mass is 16.5. The molecule has 0 aliphatic carbocycles. The Morgan fingerprint density at radius 1 is 1.41 bits per heavy atom. The first-order chi connectivity index (χ1) is 15.5. The van der Waals surface area contributed by atoms with E-state index in [1.165, 1.54) is 17.9 Å². The van der Waals surface area contributed by atoms with Crippen molar-refractivity contribution in [3.8, 4) is 17.6 Å². The van der Waals surface area contributed by atoms with Gasteiger partial charge in [-0.05, 0) is 6.42 Å². The van der Waals surface area contributed by atoms with Crippen molar-refractivity contribution >= 4 is 23.0 Å². The van der Waals surface area contributed by atoms with Crippen LogP contribution in [0.4, 0.5) is 0 Å². The molecule has 10 nitrogen and oxygen atoms in total. The number of aromatic nitrogens is 3. The predicted molar refractivity (Wildman–Crippen MR) is 111 cm³/mol. The third kappa shape index (κ3) is 2.61. The van der Waals surface area contributed by atoms with Gasteiger partial charge >= 0.3 is 11.7 Å². The van der Waals surface area contributed by atoms with E-state index in [1.54, 1.807) is 28.8 Å². The molecule has 32 heavy (non-hydrogen) atoms. The van der Waals surface area contributed by atoms with Crippen molar-refractivity contribution in [3.63, 3.8) is 0 Å². The number of carbonyl (C=O) groups excluding carboxylic acids is 2. The Morgan fingerprint density at radius 2 is 2.16 bits per heavy atom. The molecule has 0 spiro atoms. The fourth-order valence-electron chi connectivity index (χ4n) is 5.08. The smallest absolute Gasteiger partial charge is 0.336 e. The van der Waals surface area contributed by atoms with Gasteiger partial charge in [-0.3, -0.25) is 14.3 Å². The second kappa shape index (κ2) is 7.32. The van der Waals surface area contributed by atoms with Gasteiger partial charge in [0.1, 0.15) is 29.8 Å². The average molecular weight is 433 g/mol. The Bertz CT molecular complexity index is 1370. The highest BCUT2D eigenvalue weighted by Gasteiger charge is 2.50. The Hall–Kier alpha value is -3.97. The van der Waals surface area contributed by atoms with Gasteiger partial charge in [0.25, 0.3) is 0 Å². The van der Waals surface area contributed by atoms with Crippen molar-refractivity contribution in [2.75, 3.05) is 13.7 Å². The number of hydrogen-bond acceptors (Lipinski definition) is 8. The number of aldehydes is 1. The largest absolute Gasteiger partial charge is 0.493 e. The van der Waals surface area contributed by atoms with Gasteiger partial charge in [-0.15, -0.1) is 0 Å². The Morgan fingerprint density at radius 3 is 2.84 bits per heavy atom. The third-order valence-electron chi connectivity index (χ3n) is 6.41. The minimum absolute atomic E-state index is 0.0359. The molecule has 4 heterocycles. The molecule has 10 heteroatoms. The Balaban J connectivity index is 1.66. The first-order valence-corrected chi connectivity index (χ1v) is 10.1. The molecule has 2 aliphatic heterocycles. The van der Waals surface area contributed by atoms with Crippen molar-refractivity contribution in [2.24, 2.45) is 0 Å². The number of nitriles is 1. The highest BCUT2D eigenvalue weighted by Crippen LogP contribution is 2.49. The molecule has 0 amide bonds. The van der Waals surface area contributed by atoms with E-state index in [1.807, 2.05) is 11.0 Å². The zero-order chi connectivity index (χ0) is 22.6. The molecule has 3 aromatic rings. The van der Waals surface area contributed by atoms with Gasteiger partial charge in [0, 0.05) is 23.7 Å². The van der Waals surface area contributed by atoms with E-state index in [0.29, 0.717) is 41.4 Å². The van der Waals surface area contributed by atoms with Crippen molar-refractivity contribution in [1.82, 2.24) is 19.0 Å². The molecule has 1 saturated heterocycles. The topological polar surface area (TPSA) is 130 Å². The summed E-state index contributed by atoms with van der Waals surface area (Å²) in [7, 11) is 1.27. The molecule has 162 valence electrons. The Kier molecular flexibility index (Phi) is 4.56. The lowest BCUT2D eigenvalue weighted by Gasteiger charge is -2.32. The number of likely N-dealkylation sites (tertiary alicyclic amines) is 1. The summed E-state index contributed by atoms with van der Waals surface area (Å²) in [6, 6.07) is 7.67. The van der Waals surface area contributed by atoms with Crippen LogP contribution in [0.1, 0.15) is 36.3 Å². The fourth-order valence-corrected chi connectivity index (χ4v) is 5.08. The van der Waals surface area contributed by atoms with Crippen LogP contribution in [0.2, 0.25) is 0 Å². The zero-order valence-corrected chi connectivity index (χ0v) is 17.1. The first-order valence-electron chi connectivity index (χ1n) is 10.1. The summed E-state index contributed by atoms with van der Waals surface area (Å²) >= 11 is 0. The molecule has 5 rings (SSSR count). The lowest BCUT2D eigenvalue weighted by molar-refractivity contribution is -0.148. The third-order valence-corrected chi connectivity index (χ3v) is 6.41. The number of carbonyl (C=O) groups is 2. The maximum absolute atomic E-state index is 13.4. The van der Waals surface area contributed by atoms with Crippen LogP contribution in [0.15, 0.2) is 35.3 Å². The quantitative estimate of drug-likeness (QED) is 0.469. The molecule has 1 aromatic carbocycles. The van der Waals surface area contributed by atoms with E-state index in [9.17, 15) is 24.8 Å². The molecule has 1 unspecified atom stereocenters. The van der Waals surface area contributed by atoms with Crippen molar-refractivity contribution < 1.29 is 19.4 Å². The normalized spacial score (nSPS) is 20.1. The molecule has 1 fully saturated rings. The van der Waals surface area contributed by atoms with Gasteiger partial charge in [0.15, 0.2) is 0 Å². The summed E-state index contributed by atoms with van der Waals surface area (Å²) in [4.78, 5) is 42.8. The highest BCUT2D eigenvalue weighted by molar-refractivity contribution is 5.93. The van der Waals surface area contributed by atoms with Crippen LogP contribution < -0.4 is 5.69 Å². The van der Waals surface area contributed by atoms with Gasteiger partial charge in [-0.2, -0.15) is 5.26 Å². The number of aromatic hydroxyl groups is 1. The number of pyridine rings is 1. The monoisotopic (exact) mass is 433 g/mol. The minimum atomic E-state index is -0.781. The molecule has 2 aromatic heterocycles. The lowest BCUT2D eigenvalue weighted by atomic mass is 10.1. The van der Waals surface area contributed by atoms with Crippen molar-refractivity contribution in [3.05, 3.63) is 52.3 Å². The number of methoxy groups -OCH3 is 1. The molecular formula is C22H19N5O5. The molecule has 2 bridgehead atoms.